The average molecular weight is 262 g/mol. The molecule has 0 aliphatic heterocycles. The van der Waals surface area contributed by atoms with E-state index in [1.54, 1.807) is 23.2 Å². The van der Waals surface area contributed by atoms with E-state index in [9.17, 15) is 4.79 Å². The summed E-state index contributed by atoms with van der Waals surface area (Å²) in [4.78, 5) is 12.0. The Balaban J connectivity index is 1.97. The van der Waals surface area contributed by atoms with Gasteiger partial charge in [0.15, 0.2) is 0 Å². The molecule has 0 radical (unpaired) electrons. The molecule has 2 aromatic heterocycles. The van der Waals surface area contributed by atoms with Gasteiger partial charge in [0.05, 0.1) is 24.6 Å². The molecule has 102 valence electrons. The third-order valence-corrected chi connectivity index (χ3v) is 2.93. The van der Waals surface area contributed by atoms with Crippen LogP contribution in [0.1, 0.15) is 28.2 Å². The molecule has 0 saturated carbocycles. The van der Waals surface area contributed by atoms with E-state index in [2.05, 4.69) is 10.4 Å². The molecule has 19 heavy (non-hydrogen) atoms. The van der Waals surface area contributed by atoms with Gasteiger partial charge >= 0.3 is 0 Å². The van der Waals surface area contributed by atoms with E-state index in [4.69, 9.17) is 10.2 Å². The number of nitrogens with one attached hydrogen (secondary N) is 1. The molecule has 1 amide bonds. The molecule has 0 unspecified atom stereocenters. The van der Waals surface area contributed by atoms with Crippen molar-refractivity contribution in [1.82, 2.24) is 15.1 Å². The van der Waals surface area contributed by atoms with Gasteiger partial charge in [-0.3, -0.25) is 9.48 Å². The zero-order valence-corrected chi connectivity index (χ0v) is 10.9. The van der Waals surface area contributed by atoms with Crippen LogP contribution in [0.3, 0.4) is 0 Å². The Hall–Kier alpha value is -2.08. The Morgan fingerprint density at radius 1 is 1.58 bits per heavy atom. The number of hydrogen-bond acceptors (Lipinski definition) is 4. The SMILES string of the molecule is Cc1c(C(=O)NCc2ccco2)cnn1CCCN. The van der Waals surface area contributed by atoms with Crippen LogP contribution in [0.25, 0.3) is 0 Å². The van der Waals surface area contributed by atoms with Gasteiger partial charge in [-0.25, -0.2) is 0 Å². The van der Waals surface area contributed by atoms with Crippen molar-refractivity contribution in [2.75, 3.05) is 6.54 Å². The summed E-state index contributed by atoms with van der Waals surface area (Å²) in [6.07, 6.45) is 4.01. The summed E-state index contributed by atoms with van der Waals surface area (Å²) < 4.78 is 6.96. The first kappa shape index (κ1) is 13.4. The number of nitrogens with zero attached hydrogens (tertiary/aromatic N) is 2. The lowest BCUT2D eigenvalue weighted by atomic mass is 10.2. The fourth-order valence-electron chi connectivity index (χ4n) is 1.81. The highest BCUT2D eigenvalue weighted by Crippen LogP contribution is 2.08. The number of furan rings is 1. The molecule has 0 aliphatic rings. The number of amides is 1. The highest BCUT2D eigenvalue weighted by Gasteiger charge is 2.13. The van der Waals surface area contributed by atoms with Crippen molar-refractivity contribution in [2.45, 2.75) is 26.4 Å². The fraction of sp³-hybridized carbons (Fsp3) is 0.385. The molecule has 2 rings (SSSR count). The van der Waals surface area contributed by atoms with E-state index < -0.39 is 0 Å². The van der Waals surface area contributed by atoms with E-state index in [0.29, 0.717) is 18.7 Å². The molecule has 3 N–H and O–H groups in total. The zero-order valence-electron chi connectivity index (χ0n) is 10.9. The molecular weight excluding hydrogens is 244 g/mol. The van der Waals surface area contributed by atoms with Crippen LogP contribution in [-0.4, -0.2) is 22.2 Å². The molecular formula is C13H18N4O2. The van der Waals surface area contributed by atoms with Crippen LogP contribution in [0.4, 0.5) is 0 Å². The first-order chi connectivity index (χ1) is 9.22. The number of hydrogen-bond donors (Lipinski definition) is 2. The Labute approximate surface area is 111 Å². The van der Waals surface area contributed by atoms with Crippen LogP contribution in [0, 0.1) is 6.92 Å². The quantitative estimate of drug-likeness (QED) is 0.815. The lowest BCUT2D eigenvalue weighted by Gasteiger charge is -2.05. The molecule has 6 heteroatoms. The predicted octanol–water partition coefficient (Wildman–Crippen LogP) is 1.06. The summed E-state index contributed by atoms with van der Waals surface area (Å²) in [6.45, 7) is 3.59. The molecule has 0 spiro atoms. The van der Waals surface area contributed by atoms with Crippen molar-refractivity contribution in [3.63, 3.8) is 0 Å². The first-order valence-corrected chi connectivity index (χ1v) is 6.25. The molecule has 0 fully saturated rings. The second-order valence-corrected chi connectivity index (χ2v) is 4.27. The summed E-state index contributed by atoms with van der Waals surface area (Å²) in [5.41, 5.74) is 6.90. The molecule has 0 saturated heterocycles. The van der Waals surface area contributed by atoms with Crippen LogP contribution >= 0.6 is 0 Å². The van der Waals surface area contributed by atoms with E-state index in [0.717, 1.165) is 24.4 Å². The van der Waals surface area contributed by atoms with Crippen molar-refractivity contribution in [3.8, 4) is 0 Å². The summed E-state index contributed by atoms with van der Waals surface area (Å²) in [5.74, 6) is 0.578. The van der Waals surface area contributed by atoms with Crippen LogP contribution in [0.5, 0.6) is 0 Å². The molecule has 2 heterocycles. The minimum absolute atomic E-state index is 0.145. The normalized spacial score (nSPS) is 10.6. The van der Waals surface area contributed by atoms with Crippen LogP contribution < -0.4 is 11.1 Å². The standard InChI is InChI=1S/C13H18N4O2/c1-10-12(9-16-17(10)6-3-5-14)13(18)15-8-11-4-2-7-19-11/h2,4,7,9H,3,5-6,8,14H2,1H3,(H,15,18). The summed E-state index contributed by atoms with van der Waals surface area (Å²) in [6, 6.07) is 3.61. The largest absolute Gasteiger partial charge is 0.467 e. The smallest absolute Gasteiger partial charge is 0.255 e. The summed E-state index contributed by atoms with van der Waals surface area (Å²) in [7, 11) is 0. The number of carbonyl (C=O) groups excluding carboxylic acids is 1. The molecule has 0 atom stereocenters. The second kappa shape index (κ2) is 6.19. The van der Waals surface area contributed by atoms with Crippen LogP contribution in [-0.2, 0) is 13.1 Å². The maximum Gasteiger partial charge on any atom is 0.255 e. The topological polar surface area (TPSA) is 86.1 Å². The summed E-state index contributed by atoms with van der Waals surface area (Å²) >= 11 is 0. The van der Waals surface area contributed by atoms with Gasteiger partial charge in [-0.2, -0.15) is 5.10 Å². The van der Waals surface area contributed by atoms with Crippen molar-refractivity contribution < 1.29 is 9.21 Å². The monoisotopic (exact) mass is 262 g/mol. The van der Waals surface area contributed by atoms with Gasteiger partial charge in [-0.1, -0.05) is 0 Å². The van der Waals surface area contributed by atoms with Crippen molar-refractivity contribution in [2.24, 2.45) is 5.73 Å². The summed E-state index contributed by atoms with van der Waals surface area (Å²) in [5, 5.41) is 7.00. The Morgan fingerprint density at radius 2 is 2.42 bits per heavy atom. The Morgan fingerprint density at radius 3 is 3.11 bits per heavy atom. The number of aryl methyl sites for hydroxylation is 1. The highest BCUT2D eigenvalue weighted by atomic mass is 16.3. The van der Waals surface area contributed by atoms with E-state index >= 15 is 0 Å². The van der Waals surface area contributed by atoms with Gasteiger partial charge in [-0.05, 0) is 32.0 Å². The highest BCUT2D eigenvalue weighted by molar-refractivity contribution is 5.94. The van der Waals surface area contributed by atoms with E-state index in [1.807, 2.05) is 13.0 Å². The van der Waals surface area contributed by atoms with E-state index in [1.165, 1.54) is 0 Å². The predicted molar refractivity (Wildman–Crippen MR) is 70.5 cm³/mol. The Bertz CT molecular complexity index is 531. The van der Waals surface area contributed by atoms with Gasteiger partial charge in [0.2, 0.25) is 0 Å². The van der Waals surface area contributed by atoms with Crippen LogP contribution in [0.2, 0.25) is 0 Å². The minimum atomic E-state index is -0.145. The van der Waals surface area contributed by atoms with Crippen LogP contribution in [0.15, 0.2) is 29.0 Å². The van der Waals surface area contributed by atoms with Gasteiger partial charge in [-0.15, -0.1) is 0 Å². The molecule has 0 bridgehead atoms. The number of nitrogens with two attached hydrogens (primary N) is 1. The zero-order chi connectivity index (χ0) is 13.7. The fourth-order valence-corrected chi connectivity index (χ4v) is 1.81. The third-order valence-electron chi connectivity index (χ3n) is 2.93. The minimum Gasteiger partial charge on any atom is -0.467 e. The van der Waals surface area contributed by atoms with Gasteiger partial charge < -0.3 is 15.5 Å². The second-order valence-electron chi connectivity index (χ2n) is 4.27. The van der Waals surface area contributed by atoms with Crippen molar-refractivity contribution in [3.05, 3.63) is 41.6 Å². The molecule has 2 aromatic rings. The van der Waals surface area contributed by atoms with Gasteiger partial charge in [0.25, 0.3) is 5.91 Å². The first-order valence-electron chi connectivity index (χ1n) is 6.25. The van der Waals surface area contributed by atoms with Gasteiger partial charge in [0.1, 0.15) is 5.76 Å². The number of aromatic nitrogens is 2. The lowest BCUT2D eigenvalue weighted by Crippen LogP contribution is -2.23. The average Bonchev–Trinajstić information content (AvgIpc) is 3.03. The third kappa shape index (κ3) is 3.23. The van der Waals surface area contributed by atoms with Crippen molar-refractivity contribution >= 4 is 5.91 Å². The molecule has 0 aliphatic carbocycles. The Kier molecular flexibility index (Phi) is 4.35. The number of carbonyl (C=O) groups is 1. The molecule has 0 aromatic carbocycles. The maximum absolute atomic E-state index is 12.0. The maximum atomic E-state index is 12.0. The van der Waals surface area contributed by atoms with Crippen molar-refractivity contribution in [1.29, 1.82) is 0 Å². The molecule has 6 nitrogen and oxygen atoms in total. The van der Waals surface area contributed by atoms with Gasteiger partial charge in [0, 0.05) is 12.2 Å². The van der Waals surface area contributed by atoms with E-state index in [-0.39, 0.29) is 5.91 Å². The number of rotatable bonds is 6. The lowest BCUT2D eigenvalue weighted by molar-refractivity contribution is 0.0947.